The van der Waals surface area contributed by atoms with Crippen molar-refractivity contribution in [3.63, 3.8) is 0 Å². The summed E-state index contributed by atoms with van der Waals surface area (Å²) in [4.78, 5) is 26.5. The van der Waals surface area contributed by atoms with Gasteiger partial charge in [-0.05, 0) is 24.3 Å². The summed E-state index contributed by atoms with van der Waals surface area (Å²) >= 11 is 0. The summed E-state index contributed by atoms with van der Waals surface area (Å²) in [5, 5.41) is 25.1. The van der Waals surface area contributed by atoms with Crippen molar-refractivity contribution in [1.29, 1.82) is 0 Å². The number of H-pyrrole nitrogens is 1. The Kier molecular flexibility index (Phi) is 4.87. The van der Waals surface area contributed by atoms with Gasteiger partial charge in [-0.3, -0.25) is 14.9 Å². The summed E-state index contributed by atoms with van der Waals surface area (Å²) in [6, 6.07) is 20.7. The van der Waals surface area contributed by atoms with E-state index in [0.717, 1.165) is 5.56 Å². The number of fused-ring (bicyclic) bond motifs is 3. The number of hydrogen-bond acceptors (Lipinski definition) is 7. The Bertz CT molecular complexity index is 1600. The second kappa shape index (κ2) is 8.00. The van der Waals surface area contributed by atoms with E-state index in [2.05, 4.69) is 20.3 Å². The summed E-state index contributed by atoms with van der Waals surface area (Å²) in [5.41, 5.74) is 1.94. The molecule has 0 unspecified atom stereocenters. The molecule has 3 aromatic carbocycles. The number of para-hydroxylation sites is 1. The minimum absolute atomic E-state index is 0.0438. The van der Waals surface area contributed by atoms with Crippen LogP contribution in [0.25, 0.3) is 27.8 Å². The first-order valence-electron chi connectivity index (χ1n) is 9.90. The first-order valence-corrected chi connectivity index (χ1v) is 9.90. The molecule has 10 heteroatoms. The second-order valence-corrected chi connectivity index (χ2v) is 7.11. The molecular weight excluding hydrogens is 424 g/mol. The second-order valence-electron chi connectivity index (χ2n) is 7.11. The molecule has 5 rings (SSSR count). The van der Waals surface area contributed by atoms with Gasteiger partial charge in [-0.1, -0.05) is 42.5 Å². The molecule has 0 radical (unpaired) electrons. The molecule has 1 N–H and O–H groups in total. The van der Waals surface area contributed by atoms with Crippen LogP contribution in [-0.2, 0) is 0 Å². The number of aromatic nitrogens is 3. The fourth-order valence-electron chi connectivity index (χ4n) is 3.57. The molecule has 0 saturated heterocycles. The lowest BCUT2D eigenvalue weighted by atomic mass is 10.1. The van der Waals surface area contributed by atoms with Gasteiger partial charge in [0.25, 0.3) is 11.2 Å². The van der Waals surface area contributed by atoms with E-state index in [9.17, 15) is 14.9 Å². The molecule has 33 heavy (non-hydrogen) atoms. The van der Waals surface area contributed by atoms with Crippen molar-refractivity contribution in [2.24, 2.45) is 10.2 Å². The molecule has 10 nitrogen and oxygen atoms in total. The smallest absolute Gasteiger partial charge is 0.300 e. The van der Waals surface area contributed by atoms with Crippen LogP contribution >= 0.6 is 0 Å². The molecule has 0 aliphatic rings. The molecule has 5 aromatic rings. The topological polar surface area (TPSA) is 127 Å². The fourth-order valence-corrected chi connectivity index (χ4v) is 3.57. The third-order valence-corrected chi connectivity index (χ3v) is 5.15. The standard InChI is InChI=1S/C23H16N6O4/c1-33-15-11-12-17(19(13-15)29(31)32)25-26-21-20(14-7-3-2-4-8-14)27-28-18-10-6-5-9-16(18)23(30)24-22(21)28/h2-13H,1H3,(H,24,30)/b26-25+. The van der Waals surface area contributed by atoms with Crippen molar-refractivity contribution in [2.75, 3.05) is 7.11 Å². The van der Waals surface area contributed by atoms with Crippen LogP contribution in [0.15, 0.2) is 87.8 Å². The maximum atomic E-state index is 12.7. The minimum atomic E-state index is -0.555. The molecule has 0 amide bonds. The highest BCUT2D eigenvalue weighted by Crippen LogP contribution is 2.37. The summed E-state index contributed by atoms with van der Waals surface area (Å²) in [5.74, 6) is 0.331. The highest BCUT2D eigenvalue weighted by molar-refractivity contribution is 5.88. The number of azo groups is 1. The van der Waals surface area contributed by atoms with E-state index in [1.807, 2.05) is 36.4 Å². The van der Waals surface area contributed by atoms with E-state index >= 15 is 0 Å². The molecule has 0 fully saturated rings. The maximum Gasteiger partial charge on any atom is 0.300 e. The van der Waals surface area contributed by atoms with Gasteiger partial charge >= 0.3 is 0 Å². The number of nitro benzene ring substituents is 1. The Morgan fingerprint density at radius 3 is 2.55 bits per heavy atom. The van der Waals surface area contributed by atoms with Gasteiger partial charge in [-0.25, -0.2) is 4.52 Å². The number of nitrogens with one attached hydrogen (secondary N) is 1. The number of benzene rings is 3. The van der Waals surface area contributed by atoms with E-state index in [4.69, 9.17) is 4.74 Å². The van der Waals surface area contributed by atoms with E-state index in [0.29, 0.717) is 28.0 Å². The zero-order valence-electron chi connectivity index (χ0n) is 17.3. The number of methoxy groups -OCH3 is 1. The van der Waals surface area contributed by atoms with Gasteiger partial charge in [-0.15, -0.1) is 10.2 Å². The molecule has 0 spiro atoms. The van der Waals surface area contributed by atoms with Gasteiger partial charge in [-0.2, -0.15) is 5.10 Å². The summed E-state index contributed by atoms with van der Waals surface area (Å²) in [7, 11) is 1.42. The highest BCUT2D eigenvalue weighted by atomic mass is 16.6. The first kappa shape index (κ1) is 20.1. The normalized spacial score (nSPS) is 11.4. The van der Waals surface area contributed by atoms with Crippen LogP contribution < -0.4 is 10.3 Å². The zero-order chi connectivity index (χ0) is 22.9. The summed E-state index contributed by atoms with van der Waals surface area (Å²) in [6.07, 6.45) is 0. The number of aromatic amines is 1. The van der Waals surface area contributed by atoms with Gasteiger partial charge in [0.15, 0.2) is 17.0 Å². The molecule has 0 aliphatic carbocycles. The molecule has 0 atom stereocenters. The van der Waals surface area contributed by atoms with E-state index < -0.39 is 4.92 Å². The van der Waals surface area contributed by atoms with E-state index in [1.54, 1.807) is 28.8 Å². The van der Waals surface area contributed by atoms with Crippen LogP contribution in [0.5, 0.6) is 5.75 Å². The van der Waals surface area contributed by atoms with Crippen LogP contribution in [0.2, 0.25) is 0 Å². The van der Waals surface area contributed by atoms with Crippen molar-refractivity contribution in [3.8, 4) is 17.0 Å². The third kappa shape index (κ3) is 3.49. The number of rotatable bonds is 5. The van der Waals surface area contributed by atoms with Crippen molar-refractivity contribution < 1.29 is 9.66 Å². The van der Waals surface area contributed by atoms with Crippen LogP contribution in [0, 0.1) is 10.1 Å². The highest BCUT2D eigenvalue weighted by Gasteiger charge is 2.20. The Morgan fingerprint density at radius 1 is 1.03 bits per heavy atom. The molecule has 2 aromatic heterocycles. The summed E-state index contributed by atoms with van der Waals surface area (Å²) in [6.45, 7) is 0. The molecule has 0 saturated carbocycles. The number of hydrogen-bond donors (Lipinski definition) is 1. The monoisotopic (exact) mass is 440 g/mol. The Labute approximate surface area is 185 Å². The predicted octanol–water partition coefficient (Wildman–Crippen LogP) is 5.18. The van der Waals surface area contributed by atoms with Gasteiger partial charge in [0.1, 0.15) is 11.4 Å². The van der Waals surface area contributed by atoms with Crippen LogP contribution in [0.1, 0.15) is 0 Å². The Morgan fingerprint density at radius 2 is 1.79 bits per heavy atom. The van der Waals surface area contributed by atoms with E-state index in [1.165, 1.54) is 19.2 Å². The lowest BCUT2D eigenvalue weighted by Crippen LogP contribution is -2.09. The van der Waals surface area contributed by atoms with Crippen molar-refractivity contribution in [1.82, 2.24) is 14.6 Å². The lowest BCUT2D eigenvalue weighted by molar-refractivity contribution is -0.384. The van der Waals surface area contributed by atoms with Crippen molar-refractivity contribution in [2.45, 2.75) is 0 Å². The Hall–Kier alpha value is -4.86. The van der Waals surface area contributed by atoms with Crippen LogP contribution in [-0.4, -0.2) is 26.6 Å². The molecular formula is C23H16N6O4. The third-order valence-electron chi connectivity index (χ3n) is 5.15. The summed E-state index contributed by atoms with van der Waals surface area (Å²) < 4.78 is 6.66. The lowest BCUT2D eigenvalue weighted by Gasteiger charge is -2.02. The predicted molar refractivity (Wildman–Crippen MR) is 123 cm³/mol. The van der Waals surface area contributed by atoms with Crippen LogP contribution in [0.4, 0.5) is 17.1 Å². The van der Waals surface area contributed by atoms with Gasteiger partial charge in [0, 0.05) is 5.56 Å². The minimum Gasteiger partial charge on any atom is -0.496 e. The quantitative estimate of drug-likeness (QED) is 0.229. The van der Waals surface area contributed by atoms with Crippen molar-refractivity contribution >= 4 is 33.6 Å². The maximum absolute atomic E-state index is 12.7. The first-order chi connectivity index (χ1) is 16.1. The number of nitrogens with zero attached hydrogens (tertiary/aromatic N) is 5. The number of nitro groups is 1. The fraction of sp³-hybridized carbons (Fsp3) is 0.0435. The zero-order valence-corrected chi connectivity index (χ0v) is 17.3. The average molecular weight is 440 g/mol. The molecule has 162 valence electrons. The van der Waals surface area contributed by atoms with E-state index in [-0.39, 0.29) is 22.6 Å². The van der Waals surface area contributed by atoms with Crippen molar-refractivity contribution in [3.05, 3.63) is 93.3 Å². The largest absolute Gasteiger partial charge is 0.496 e. The Balaban J connectivity index is 1.77. The molecule has 0 bridgehead atoms. The number of ether oxygens (including phenoxy) is 1. The average Bonchev–Trinajstić information content (AvgIpc) is 3.21. The van der Waals surface area contributed by atoms with Gasteiger partial charge < -0.3 is 9.72 Å². The van der Waals surface area contributed by atoms with Crippen LogP contribution in [0.3, 0.4) is 0 Å². The molecule has 2 heterocycles. The SMILES string of the molecule is COc1ccc(/N=N/c2c(-c3ccccc3)nn3c2[nH]c(=O)c2ccccc23)c([N+](=O)[O-])c1. The van der Waals surface area contributed by atoms with Gasteiger partial charge in [0.2, 0.25) is 0 Å². The van der Waals surface area contributed by atoms with Gasteiger partial charge in [0.05, 0.1) is 29.0 Å². The molecule has 0 aliphatic heterocycles.